The fraction of sp³-hybridized carbons (Fsp3) is 0.615. The maximum absolute atomic E-state index is 5.88. The van der Waals surface area contributed by atoms with Crippen molar-refractivity contribution in [3.63, 3.8) is 0 Å². The van der Waals surface area contributed by atoms with Gasteiger partial charge in [0.15, 0.2) is 0 Å². The summed E-state index contributed by atoms with van der Waals surface area (Å²) in [5.74, 6) is 2.19. The van der Waals surface area contributed by atoms with Crippen molar-refractivity contribution in [3.8, 4) is 5.88 Å². The zero-order chi connectivity index (χ0) is 12.1. The summed E-state index contributed by atoms with van der Waals surface area (Å²) in [7, 11) is 1.65. The molecule has 0 spiro atoms. The third kappa shape index (κ3) is 3.58. The number of alkyl halides is 1. The SMILES string of the molecule is COc1cccc(CN2CCC(CCl)CC2)n1. The molecule has 1 fully saturated rings. The molecule has 0 saturated carbocycles. The molecule has 0 atom stereocenters. The first kappa shape index (κ1) is 12.7. The van der Waals surface area contributed by atoms with Crippen molar-refractivity contribution in [2.24, 2.45) is 5.92 Å². The second kappa shape index (κ2) is 6.22. The highest BCUT2D eigenvalue weighted by Crippen LogP contribution is 2.20. The van der Waals surface area contributed by atoms with Crippen LogP contribution in [0.4, 0.5) is 0 Å². The zero-order valence-corrected chi connectivity index (χ0v) is 11.0. The van der Waals surface area contributed by atoms with Crippen LogP contribution in [0.25, 0.3) is 0 Å². The first-order valence-electron chi connectivity index (χ1n) is 6.10. The lowest BCUT2D eigenvalue weighted by atomic mass is 9.99. The predicted molar refractivity (Wildman–Crippen MR) is 69.5 cm³/mol. The molecular weight excluding hydrogens is 236 g/mol. The van der Waals surface area contributed by atoms with Gasteiger partial charge in [0.25, 0.3) is 0 Å². The molecule has 17 heavy (non-hydrogen) atoms. The Labute approximate surface area is 108 Å². The van der Waals surface area contributed by atoms with Crippen molar-refractivity contribution in [3.05, 3.63) is 23.9 Å². The second-order valence-corrected chi connectivity index (χ2v) is 4.85. The van der Waals surface area contributed by atoms with Gasteiger partial charge in [0.05, 0.1) is 12.8 Å². The molecule has 2 heterocycles. The third-order valence-electron chi connectivity index (χ3n) is 3.30. The smallest absolute Gasteiger partial charge is 0.213 e. The van der Waals surface area contributed by atoms with Gasteiger partial charge in [-0.25, -0.2) is 4.98 Å². The number of piperidine rings is 1. The minimum atomic E-state index is 0.693. The summed E-state index contributed by atoms with van der Waals surface area (Å²) in [5.41, 5.74) is 1.08. The summed E-state index contributed by atoms with van der Waals surface area (Å²) in [5, 5.41) is 0. The number of rotatable bonds is 4. The molecule has 0 radical (unpaired) electrons. The van der Waals surface area contributed by atoms with Gasteiger partial charge in [-0.05, 0) is 37.9 Å². The number of hydrogen-bond donors (Lipinski definition) is 0. The van der Waals surface area contributed by atoms with Crippen LogP contribution in [0.1, 0.15) is 18.5 Å². The van der Waals surface area contributed by atoms with Crippen LogP contribution in [0.15, 0.2) is 18.2 Å². The van der Waals surface area contributed by atoms with E-state index in [0.717, 1.165) is 31.2 Å². The van der Waals surface area contributed by atoms with Crippen LogP contribution in [0.5, 0.6) is 5.88 Å². The van der Waals surface area contributed by atoms with E-state index in [4.69, 9.17) is 16.3 Å². The lowest BCUT2D eigenvalue weighted by Crippen LogP contribution is -2.33. The third-order valence-corrected chi connectivity index (χ3v) is 3.74. The molecule has 1 aromatic heterocycles. The number of aromatic nitrogens is 1. The Morgan fingerprint density at radius 1 is 1.41 bits per heavy atom. The summed E-state index contributed by atoms with van der Waals surface area (Å²) in [6, 6.07) is 5.92. The van der Waals surface area contributed by atoms with Crippen LogP contribution in [-0.2, 0) is 6.54 Å². The second-order valence-electron chi connectivity index (χ2n) is 4.55. The summed E-state index contributed by atoms with van der Waals surface area (Å²) in [4.78, 5) is 6.87. The Bertz CT molecular complexity index is 351. The largest absolute Gasteiger partial charge is 0.481 e. The lowest BCUT2D eigenvalue weighted by molar-refractivity contribution is 0.184. The molecule has 1 saturated heterocycles. The Hall–Kier alpha value is -0.800. The molecule has 2 rings (SSSR count). The summed E-state index contributed by atoms with van der Waals surface area (Å²) >= 11 is 5.88. The Balaban J connectivity index is 1.88. The maximum Gasteiger partial charge on any atom is 0.213 e. The standard InChI is InChI=1S/C13H19ClN2O/c1-17-13-4-2-3-12(15-13)10-16-7-5-11(9-14)6-8-16/h2-4,11H,5-10H2,1H3. The van der Waals surface area contributed by atoms with Crippen molar-refractivity contribution in [2.45, 2.75) is 19.4 Å². The average molecular weight is 255 g/mol. The minimum Gasteiger partial charge on any atom is -0.481 e. The molecule has 3 nitrogen and oxygen atoms in total. The first-order chi connectivity index (χ1) is 8.31. The summed E-state index contributed by atoms with van der Waals surface area (Å²) < 4.78 is 5.13. The molecule has 0 unspecified atom stereocenters. The molecular formula is C13H19ClN2O. The molecule has 4 heteroatoms. The fourth-order valence-electron chi connectivity index (χ4n) is 2.19. The average Bonchev–Trinajstić information content (AvgIpc) is 2.40. The molecule has 1 aliphatic heterocycles. The number of methoxy groups -OCH3 is 1. The molecule has 0 aromatic carbocycles. The van der Waals surface area contributed by atoms with E-state index >= 15 is 0 Å². The highest BCUT2D eigenvalue weighted by Gasteiger charge is 2.18. The monoisotopic (exact) mass is 254 g/mol. The van der Waals surface area contributed by atoms with Crippen molar-refractivity contribution in [1.82, 2.24) is 9.88 Å². The molecule has 0 aliphatic carbocycles. The van der Waals surface area contributed by atoms with Gasteiger partial charge in [-0.15, -0.1) is 11.6 Å². The van der Waals surface area contributed by atoms with E-state index in [9.17, 15) is 0 Å². The lowest BCUT2D eigenvalue weighted by Gasteiger charge is -2.30. The fourth-order valence-corrected chi connectivity index (χ4v) is 2.50. The van der Waals surface area contributed by atoms with Gasteiger partial charge in [0, 0.05) is 18.5 Å². The highest BCUT2D eigenvalue weighted by molar-refractivity contribution is 6.18. The number of halogens is 1. The molecule has 1 aromatic rings. The summed E-state index contributed by atoms with van der Waals surface area (Å²) in [6.07, 6.45) is 2.40. The minimum absolute atomic E-state index is 0.693. The molecule has 0 amide bonds. The van der Waals surface area contributed by atoms with Crippen LogP contribution in [-0.4, -0.2) is 36.0 Å². The van der Waals surface area contributed by atoms with Crippen LogP contribution in [0.2, 0.25) is 0 Å². The normalized spacial score (nSPS) is 18.2. The first-order valence-corrected chi connectivity index (χ1v) is 6.63. The van der Waals surface area contributed by atoms with E-state index in [1.807, 2.05) is 12.1 Å². The summed E-state index contributed by atoms with van der Waals surface area (Å²) in [6.45, 7) is 3.15. The van der Waals surface area contributed by atoms with Crippen molar-refractivity contribution < 1.29 is 4.74 Å². The number of ether oxygens (including phenoxy) is 1. The zero-order valence-electron chi connectivity index (χ0n) is 10.2. The van der Waals surface area contributed by atoms with E-state index < -0.39 is 0 Å². The number of hydrogen-bond acceptors (Lipinski definition) is 3. The van der Waals surface area contributed by atoms with E-state index in [1.54, 1.807) is 7.11 Å². The van der Waals surface area contributed by atoms with Gasteiger partial charge < -0.3 is 4.74 Å². The molecule has 0 N–H and O–H groups in total. The Morgan fingerprint density at radius 2 is 2.18 bits per heavy atom. The van der Waals surface area contributed by atoms with Gasteiger partial charge in [-0.2, -0.15) is 0 Å². The number of pyridine rings is 1. The molecule has 0 bridgehead atoms. The van der Waals surface area contributed by atoms with E-state index in [2.05, 4.69) is 16.0 Å². The Morgan fingerprint density at radius 3 is 2.82 bits per heavy atom. The van der Waals surface area contributed by atoms with Crippen LogP contribution in [0.3, 0.4) is 0 Å². The quantitative estimate of drug-likeness (QED) is 0.773. The maximum atomic E-state index is 5.88. The van der Waals surface area contributed by atoms with Crippen LogP contribution in [0, 0.1) is 5.92 Å². The van der Waals surface area contributed by atoms with Gasteiger partial charge in [0.1, 0.15) is 0 Å². The predicted octanol–water partition coefficient (Wildman–Crippen LogP) is 2.54. The van der Waals surface area contributed by atoms with Gasteiger partial charge in [-0.1, -0.05) is 6.07 Å². The van der Waals surface area contributed by atoms with Gasteiger partial charge >= 0.3 is 0 Å². The van der Waals surface area contributed by atoms with E-state index in [0.29, 0.717) is 11.8 Å². The van der Waals surface area contributed by atoms with Crippen LogP contribution < -0.4 is 4.74 Å². The number of nitrogens with zero attached hydrogens (tertiary/aromatic N) is 2. The molecule has 1 aliphatic rings. The number of likely N-dealkylation sites (tertiary alicyclic amines) is 1. The van der Waals surface area contributed by atoms with E-state index in [-0.39, 0.29) is 0 Å². The van der Waals surface area contributed by atoms with Crippen molar-refractivity contribution in [2.75, 3.05) is 26.1 Å². The van der Waals surface area contributed by atoms with Gasteiger partial charge in [-0.3, -0.25) is 4.90 Å². The highest BCUT2D eigenvalue weighted by atomic mass is 35.5. The topological polar surface area (TPSA) is 25.4 Å². The van der Waals surface area contributed by atoms with E-state index in [1.165, 1.54) is 12.8 Å². The Kier molecular flexibility index (Phi) is 4.63. The van der Waals surface area contributed by atoms with Crippen molar-refractivity contribution >= 4 is 11.6 Å². The van der Waals surface area contributed by atoms with Gasteiger partial charge in [0.2, 0.25) is 5.88 Å². The molecule has 94 valence electrons. The van der Waals surface area contributed by atoms with Crippen LogP contribution >= 0.6 is 11.6 Å². The van der Waals surface area contributed by atoms with Crippen molar-refractivity contribution in [1.29, 1.82) is 0 Å².